The van der Waals surface area contributed by atoms with Crippen LogP contribution in [0.4, 0.5) is 5.82 Å². The van der Waals surface area contributed by atoms with Crippen LogP contribution >= 0.6 is 0 Å². The van der Waals surface area contributed by atoms with Gasteiger partial charge in [0.05, 0.1) is 0 Å². The van der Waals surface area contributed by atoms with Crippen molar-refractivity contribution in [1.82, 2.24) is 30.2 Å². The lowest BCUT2D eigenvalue weighted by Gasteiger charge is -2.35. The Labute approximate surface area is 154 Å². The van der Waals surface area contributed by atoms with Crippen molar-refractivity contribution >= 4 is 17.4 Å². The van der Waals surface area contributed by atoms with Crippen LogP contribution < -0.4 is 4.90 Å². The first-order chi connectivity index (χ1) is 12.7. The highest BCUT2D eigenvalue weighted by atomic mass is 16.2. The molecule has 3 heterocycles. The number of tetrazole rings is 1. The molecule has 26 heavy (non-hydrogen) atoms. The topological polar surface area (TPSA) is 79.5 Å². The van der Waals surface area contributed by atoms with Crippen molar-refractivity contribution in [3.05, 3.63) is 12.1 Å². The minimum absolute atomic E-state index is 0.123. The van der Waals surface area contributed by atoms with Gasteiger partial charge in [0.15, 0.2) is 11.5 Å². The van der Waals surface area contributed by atoms with E-state index in [2.05, 4.69) is 51.2 Å². The van der Waals surface area contributed by atoms with Crippen LogP contribution in [-0.4, -0.2) is 62.2 Å². The van der Waals surface area contributed by atoms with E-state index in [9.17, 15) is 4.79 Å². The van der Waals surface area contributed by atoms with Crippen molar-refractivity contribution in [2.75, 3.05) is 31.1 Å². The van der Waals surface area contributed by atoms with Gasteiger partial charge in [0.2, 0.25) is 5.91 Å². The Morgan fingerprint density at radius 3 is 2.62 bits per heavy atom. The molecule has 1 amide bonds. The molecule has 0 aliphatic carbocycles. The lowest BCUT2D eigenvalue weighted by atomic mass is 9.94. The number of carbonyl (C=O) groups excluding carboxylic acids is 1. The molecule has 0 spiro atoms. The van der Waals surface area contributed by atoms with Crippen LogP contribution in [0.3, 0.4) is 0 Å². The molecule has 0 N–H and O–H groups in total. The van der Waals surface area contributed by atoms with Crippen LogP contribution in [0, 0.1) is 11.8 Å². The zero-order valence-corrected chi connectivity index (χ0v) is 16.0. The lowest BCUT2D eigenvalue weighted by Crippen LogP contribution is -2.44. The van der Waals surface area contributed by atoms with Gasteiger partial charge in [-0.1, -0.05) is 26.7 Å². The quantitative estimate of drug-likeness (QED) is 0.752. The second kappa shape index (κ2) is 8.42. The molecule has 2 aromatic heterocycles. The van der Waals surface area contributed by atoms with E-state index in [0.29, 0.717) is 17.5 Å². The molecule has 0 saturated carbocycles. The van der Waals surface area contributed by atoms with E-state index in [-0.39, 0.29) is 5.92 Å². The van der Waals surface area contributed by atoms with Gasteiger partial charge in [-0.25, -0.2) is 0 Å². The van der Waals surface area contributed by atoms with Crippen molar-refractivity contribution in [1.29, 1.82) is 0 Å². The fourth-order valence-corrected chi connectivity index (χ4v) is 3.66. The van der Waals surface area contributed by atoms with Gasteiger partial charge in [0.25, 0.3) is 0 Å². The van der Waals surface area contributed by atoms with Gasteiger partial charge < -0.3 is 9.80 Å². The van der Waals surface area contributed by atoms with Crippen LogP contribution in [0.15, 0.2) is 12.1 Å². The third kappa shape index (κ3) is 3.94. The average molecular weight is 359 g/mol. The van der Waals surface area contributed by atoms with E-state index in [1.807, 2.05) is 12.1 Å². The molecule has 0 atom stereocenters. The van der Waals surface area contributed by atoms with Crippen molar-refractivity contribution in [2.45, 2.75) is 46.5 Å². The summed E-state index contributed by atoms with van der Waals surface area (Å²) in [6.07, 6.45) is 4.00. The Balaban J connectivity index is 1.59. The number of rotatable bonds is 7. The van der Waals surface area contributed by atoms with Gasteiger partial charge in [-0.2, -0.15) is 0 Å². The average Bonchev–Trinajstić information content (AvgIpc) is 3.16. The molecule has 3 rings (SSSR count). The Hall–Kier alpha value is -2.25. The number of aromatic nitrogens is 5. The number of piperidine rings is 1. The Kier molecular flexibility index (Phi) is 6.00. The summed E-state index contributed by atoms with van der Waals surface area (Å²) in [5.74, 6) is 1.91. The monoisotopic (exact) mass is 359 g/mol. The van der Waals surface area contributed by atoms with Gasteiger partial charge >= 0.3 is 0 Å². The fourth-order valence-electron chi connectivity index (χ4n) is 3.66. The summed E-state index contributed by atoms with van der Waals surface area (Å²) in [5, 5.41) is 15.8. The van der Waals surface area contributed by atoms with E-state index in [1.165, 1.54) is 4.63 Å². The van der Waals surface area contributed by atoms with Gasteiger partial charge in [-0.3, -0.25) is 4.79 Å². The molecule has 8 heteroatoms. The molecular weight excluding hydrogens is 330 g/mol. The lowest BCUT2D eigenvalue weighted by molar-refractivity contribution is -0.136. The highest BCUT2D eigenvalue weighted by Gasteiger charge is 2.29. The predicted octanol–water partition coefficient (Wildman–Crippen LogP) is 2.02. The van der Waals surface area contributed by atoms with E-state index in [4.69, 9.17) is 0 Å². The molecule has 0 unspecified atom stereocenters. The first kappa shape index (κ1) is 18.5. The summed E-state index contributed by atoms with van der Waals surface area (Å²) in [4.78, 5) is 17.2. The van der Waals surface area contributed by atoms with E-state index < -0.39 is 0 Å². The zero-order chi connectivity index (χ0) is 18.5. The smallest absolute Gasteiger partial charge is 0.225 e. The maximum atomic E-state index is 12.9. The Bertz CT molecular complexity index is 719. The van der Waals surface area contributed by atoms with E-state index >= 15 is 0 Å². The predicted molar refractivity (Wildman–Crippen MR) is 99.8 cm³/mol. The number of carbonyl (C=O) groups is 1. The van der Waals surface area contributed by atoms with E-state index in [0.717, 1.165) is 57.7 Å². The molecule has 142 valence electrons. The first-order valence-corrected chi connectivity index (χ1v) is 9.75. The van der Waals surface area contributed by atoms with E-state index in [1.54, 1.807) is 0 Å². The minimum Gasteiger partial charge on any atom is -0.355 e. The molecule has 1 aliphatic rings. The summed E-state index contributed by atoms with van der Waals surface area (Å²) in [6, 6.07) is 3.81. The van der Waals surface area contributed by atoms with Crippen molar-refractivity contribution in [2.24, 2.45) is 11.8 Å². The van der Waals surface area contributed by atoms with Crippen molar-refractivity contribution in [3.63, 3.8) is 0 Å². The third-order valence-electron chi connectivity index (χ3n) is 5.55. The highest BCUT2D eigenvalue weighted by molar-refractivity contribution is 5.79. The molecular formula is C18H29N7O. The molecule has 1 fully saturated rings. The Morgan fingerprint density at radius 1 is 1.23 bits per heavy atom. The normalized spacial score (nSPS) is 15.8. The molecule has 1 saturated heterocycles. The number of fused-ring (bicyclic) bond motifs is 1. The summed E-state index contributed by atoms with van der Waals surface area (Å²) in [5.41, 5.74) is 0.638. The molecule has 0 radical (unpaired) electrons. The minimum atomic E-state index is 0.123. The largest absolute Gasteiger partial charge is 0.355 e. The summed E-state index contributed by atoms with van der Waals surface area (Å²) >= 11 is 0. The van der Waals surface area contributed by atoms with Crippen molar-refractivity contribution < 1.29 is 4.79 Å². The van der Waals surface area contributed by atoms with Crippen LogP contribution in [0.5, 0.6) is 0 Å². The maximum absolute atomic E-state index is 12.9. The van der Waals surface area contributed by atoms with Gasteiger partial charge in [-0.15, -0.1) is 14.8 Å². The number of hydrogen-bond acceptors (Lipinski definition) is 6. The van der Waals surface area contributed by atoms with Crippen molar-refractivity contribution in [3.8, 4) is 0 Å². The van der Waals surface area contributed by atoms with Crippen LogP contribution in [-0.2, 0) is 4.79 Å². The molecule has 2 aromatic rings. The second-order valence-corrected chi connectivity index (χ2v) is 7.04. The molecule has 0 bridgehead atoms. The standard InChI is InChI=1S/C18H29N7O/c1-4-14(5-2)13-23(6-3)18(26)15-9-11-24(12-10-15)17-8-7-16-19-21-22-25(16)20-17/h7-8,14-15H,4-6,9-13H2,1-3H3. The van der Waals surface area contributed by atoms with Gasteiger partial charge in [0, 0.05) is 32.1 Å². The first-order valence-electron chi connectivity index (χ1n) is 9.75. The second-order valence-electron chi connectivity index (χ2n) is 7.04. The Morgan fingerprint density at radius 2 is 1.96 bits per heavy atom. The summed E-state index contributed by atoms with van der Waals surface area (Å²) in [6.45, 7) is 9.85. The summed E-state index contributed by atoms with van der Waals surface area (Å²) < 4.78 is 1.45. The third-order valence-corrected chi connectivity index (χ3v) is 5.55. The number of hydrogen-bond donors (Lipinski definition) is 0. The van der Waals surface area contributed by atoms with Gasteiger partial charge in [0.1, 0.15) is 0 Å². The van der Waals surface area contributed by atoms with Crippen LogP contribution in [0.1, 0.15) is 46.5 Å². The van der Waals surface area contributed by atoms with Gasteiger partial charge in [-0.05, 0) is 48.2 Å². The number of nitrogens with zero attached hydrogens (tertiary/aromatic N) is 7. The fraction of sp³-hybridized carbons (Fsp3) is 0.722. The molecule has 8 nitrogen and oxygen atoms in total. The number of amides is 1. The number of anilines is 1. The highest BCUT2D eigenvalue weighted by Crippen LogP contribution is 2.24. The molecule has 0 aromatic carbocycles. The maximum Gasteiger partial charge on any atom is 0.225 e. The van der Waals surface area contributed by atoms with Crippen LogP contribution in [0.25, 0.3) is 5.65 Å². The van der Waals surface area contributed by atoms with Crippen LogP contribution in [0.2, 0.25) is 0 Å². The SMILES string of the molecule is CCC(CC)CN(CC)C(=O)C1CCN(c2ccc3nnnn3n2)CC1. The zero-order valence-electron chi connectivity index (χ0n) is 16.0. The molecule has 1 aliphatic heterocycles. The summed E-state index contributed by atoms with van der Waals surface area (Å²) in [7, 11) is 0.